The summed E-state index contributed by atoms with van der Waals surface area (Å²) in [7, 11) is 3.75. The summed E-state index contributed by atoms with van der Waals surface area (Å²) in [6.07, 6.45) is 3.48. The number of hydrogen-bond acceptors (Lipinski definition) is 5. The zero-order chi connectivity index (χ0) is 9.26. The highest BCUT2D eigenvalue weighted by atomic mass is 32.1. The molecule has 68 valence electrons. The molecule has 0 amide bonds. The van der Waals surface area contributed by atoms with E-state index in [0.717, 1.165) is 10.8 Å². The highest BCUT2D eigenvalue weighted by molar-refractivity contribution is 7.09. The molecule has 6 heteroatoms. The van der Waals surface area contributed by atoms with Gasteiger partial charge in [-0.25, -0.2) is 4.98 Å². The molecule has 2 aromatic heterocycles. The molecular weight excluding hydrogens is 186 g/mol. The van der Waals surface area contributed by atoms with Gasteiger partial charge < -0.3 is 9.88 Å². The van der Waals surface area contributed by atoms with Crippen LogP contribution in [-0.2, 0) is 7.05 Å². The number of nitrogens with zero attached hydrogens (tertiary/aromatic N) is 4. The molecule has 5 nitrogen and oxygen atoms in total. The van der Waals surface area contributed by atoms with E-state index in [2.05, 4.69) is 19.7 Å². The lowest BCUT2D eigenvalue weighted by molar-refractivity contribution is 0.913. The summed E-state index contributed by atoms with van der Waals surface area (Å²) in [5, 5.41) is 3.76. The summed E-state index contributed by atoms with van der Waals surface area (Å²) in [6.45, 7) is 0. The molecule has 0 radical (unpaired) electrons. The van der Waals surface area contributed by atoms with Crippen LogP contribution >= 0.6 is 11.5 Å². The van der Waals surface area contributed by atoms with Crippen LogP contribution in [0, 0.1) is 0 Å². The highest BCUT2D eigenvalue weighted by Crippen LogP contribution is 2.19. The maximum absolute atomic E-state index is 4.27. The van der Waals surface area contributed by atoms with Gasteiger partial charge in [-0.05, 0) is 0 Å². The van der Waals surface area contributed by atoms with Crippen LogP contribution in [0.15, 0.2) is 12.5 Å². The second-order valence-corrected chi connectivity index (χ2v) is 3.31. The van der Waals surface area contributed by atoms with Crippen LogP contribution in [0.2, 0.25) is 0 Å². The predicted molar refractivity (Wildman–Crippen MR) is 51.7 cm³/mol. The maximum Gasteiger partial charge on any atom is 0.202 e. The number of nitrogens with one attached hydrogen (secondary N) is 1. The zero-order valence-electron chi connectivity index (χ0n) is 7.35. The fraction of sp³-hybridized carbons (Fsp3) is 0.286. The Hall–Kier alpha value is -1.43. The molecule has 1 N–H and O–H groups in total. The molecule has 2 heterocycles. The van der Waals surface area contributed by atoms with E-state index in [1.807, 2.05) is 18.7 Å². The van der Waals surface area contributed by atoms with Crippen molar-refractivity contribution in [2.45, 2.75) is 0 Å². The average Bonchev–Trinajstić information content (AvgIpc) is 2.71. The van der Waals surface area contributed by atoms with Crippen molar-refractivity contribution in [2.75, 3.05) is 12.4 Å². The third-order valence-corrected chi connectivity index (χ3v) is 2.42. The SMILES string of the molecule is CNc1nc(-c2cncn2C)ns1. The van der Waals surface area contributed by atoms with E-state index >= 15 is 0 Å². The minimum atomic E-state index is 0.717. The van der Waals surface area contributed by atoms with Gasteiger partial charge >= 0.3 is 0 Å². The first kappa shape index (κ1) is 8.18. The fourth-order valence-electron chi connectivity index (χ4n) is 1.00. The highest BCUT2D eigenvalue weighted by Gasteiger charge is 2.08. The molecule has 0 aliphatic carbocycles. The fourth-order valence-corrected chi connectivity index (χ4v) is 1.53. The average molecular weight is 195 g/mol. The summed E-state index contributed by atoms with van der Waals surface area (Å²) in [6, 6.07) is 0. The molecule has 0 aromatic carbocycles. The molecule has 0 saturated carbocycles. The van der Waals surface area contributed by atoms with Crippen molar-refractivity contribution in [2.24, 2.45) is 7.05 Å². The normalized spacial score (nSPS) is 10.3. The van der Waals surface area contributed by atoms with Gasteiger partial charge in [-0.3, -0.25) is 0 Å². The van der Waals surface area contributed by atoms with Gasteiger partial charge in [-0.1, -0.05) is 0 Å². The van der Waals surface area contributed by atoms with Crippen LogP contribution in [0.25, 0.3) is 11.5 Å². The minimum absolute atomic E-state index is 0.717. The Morgan fingerprint density at radius 1 is 1.54 bits per heavy atom. The number of rotatable bonds is 2. The van der Waals surface area contributed by atoms with E-state index in [1.165, 1.54) is 11.5 Å². The van der Waals surface area contributed by atoms with Crippen molar-refractivity contribution in [3.05, 3.63) is 12.5 Å². The minimum Gasteiger partial charge on any atom is -0.363 e. The maximum atomic E-state index is 4.27. The van der Waals surface area contributed by atoms with Crippen molar-refractivity contribution in [3.63, 3.8) is 0 Å². The Morgan fingerprint density at radius 3 is 2.92 bits per heavy atom. The lowest BCUT2D eigenvalue weighted by atomic mass is 10.4. The van der Waals surface area contributed by atoms with Gasteiger partial charge in [0.1, 0.15) is 5.69 Å². The smallest absolute Gasteiger partial charge is 0.202 e. The first-order chi connectivity index (χ1) is 6.31. The van der Waals surface area contributed by atoms with Crippen LogP contribution < -0.4 is 5.32 Å². The van der Waals surface area contributed by atoms with Gasteiger partial charge in [0.25, 0.3) is 0 Å². The topological polar surface area (TPSA) is 55.6 Å². The molecule has 0 unspecified atom stereocenters. The summed E-state index contributed by atoms with van der Waals surface area (Å²) in [4.78, 5) is 8.27. The van der Waals surface area contributed by atoms with E-state index in [0.29, 0.717) is 5.82 Å². The van der Waals surface area contributed by atoms with E-state index in [9.17, 15) is 0 Å². The van der Waals surface area contributed by atoms with E-state index in [4.69, 9.17) is 0 Å². The molecule has 0 aliphatic heterocycles. The zero-order valence-corrected chi connectivity index (χ0v) is 8.17. The molecule has 13 heavy (non-hydrogen) atoms. The van der Waals surface area contributed by atoms with Crippen molar-refractivity contribution in [3.8, 4) is 11.5 Å². The lowest BCUT2D eigenvalue weighted by Crippen LogP contribution is -1.91. The van der Waals surface area contributed by atoms with Crippen LogP contribution in [0.5, 0.6) is 0 Å². The van der Waals surface area contributed by atoms with Crippen molar-refractivity contribution in [1.29, 1.82) is 0 Å². The molecular formula is C7H9N5S. The Labute approximate surface area is 79.6 Å². The lowest BCUT2D eigenvalue weighted by Gasteiger charge is -1.94. The second kappa shape index (κ2) is 3.14. The molecule has 0 spiro atoms. The molecule has 0 atom stereocenters. The predicted octanol–water partition coefficient (Wildman–Crippen LogP) is 0.980. The molecule has 0 fully saturated rings. The quantitative estimate of drug-likeness (QED) is 0.776. The van der Waals surface area contributed by atoms with Crippen molar-refractivity contribution in [1.82, 2.24) is 18.9 Å². The van der Waals surface area contributed by atoms with E-state index in [-0.39, 0.29) is 0 Å². The van der Waals surface area contributed by atoms with Crippen LogP contribution in [0.3, 0.4) is 0 Å². The Morgan fingerprint density at radius 2 is 2.38 bits per heavy atom. The van der Waals surface area contributed by atoms with Gasteiger partial charge in [0.2, 0.25) is 5.13 Å². The number of imidazole rings is 1. The van der Waals surface area contributed by atoms with E-state index in [1.54, 1.807) is 12.5 Å². The summed E-state index contributed by atoms with van der Waals surface area (Å²) < 4.78 is 6.09. The van der Waals surface area contributed by atoms with Gasteiger partial charge in [-0.15, -0.1) is 0 Å². The van der Waals surface area contributed by atoms with Gasteiger partial charge in [0.15, 0.2) is 5.82 Å². The van der Waals surface area contributed by atoms with Gasteiger partial charge in [0.05, 0.1) is 12.5 Å². The number of hydrogen-bond donors (Lipinski definition) is 1. The molecule has 0 bridgehead atoms. The van der Waals surface area contributed by atoms with Crippen LogP contribution in [0.1, 0.15) is 0 Å². The molecule has 2 rings (SSSR count). The first-order valence-corrected chi connectivity index (χ1v) is 4.57. The summed E-state index contributed by atoms with van der Waals surface area (Å²) in [5.41, 5.74) is 0.928. The van der Waals surface area contributed by atoms with Crippen molar-refractivity contribution < 1.29 is 0 Å². The third-order valence-electron chi connectivity index (χ3n) is 1.69. The molecule has 2 aromatic rings. The largest absolute Gasteiger partial charge is 0.363 e. The Kier molecular flexibility index (Phi) is 1.97. The van der Waals surface area contributed by atoms with E-state index < -0.39 is 0 Å². The second-order valence-electron chi connectivity index (χ2n) is 2.56. The number of anilines is 1. The van der Waals surface area contributed by atoms with Gasteiger partial charge in [0, 0.05) is 25.6 Å². The van der Waals surface area contributed by atoms with Crippen LogP contribution in [0.4, 0.5) is 5.13 Å². The Bertz CT molecular complexity index is 404. The molecule has 0 saturated heterocycles. The van der Waals surface area contributed by atoms with Crippen molar-refractivity contribution >= 4 is 16.7 Å². The Balaban J connectivity index is 2.41. The first-order valence-electron chi connectivity index (χ1n) is 3.79. The number of aryl methyl sites for hydroxylation is 1. The summed E-state index contributed by atoms with van der Waals surface area (Å²) in [5.74, 6) is 0.717. The van der Waals surface area contributed by atoms with Crippen LogP contribution in [-0.4, -0.2) is 26.0 Å². The molecule has 0 aliphatic rings. The standard InChI is InChI=1S/C7H9N5S/c1-8-7-10-6(11-13-7)5-3-9-4-12(5)2/h3-4H,1-2H3,(H,8,10,11). The summed E-state index contributed by atoms with van der Waals surface area (Å²) >= 11 is 1.34. The third kappa shape index (κ3) is 1.40. The monoisotopic (exact) mass is 195 g/mol. The number of aromatic nitrogens is 4. The van der Waals surface area contributed by atoms with Gasteiger partial charge in [-0.2, -0.15) is 9.36 Å².